The summed E-state index contributed by atoms with van der Waals surface area (Å²) in [5.41, 5.74) is 9.76. The van der Waals surface area contributed by atoms with Crippen LogP contribution < -0.4 is 16.4 Å². The molecular weight excluding hydrogens is 442 g/mol. The summed E-state index contributed by atoms with van der Waals surface area (Å²) in [4.78, 5) is 26.4. The van der Waals surface area contributed by atoms with Crippen LogP contribution in [0.25, 0.3) is 0 Å². The van der Waals surface area contributed by atoms with Crippen molar-refractivity contribution in [2.75, 3.05) is 43.9 Å². The van der Waals surface area contributed by atoms with Gasteiger partial charge in [0.1, 0.15) is 5.82 Å². The molecule has 1 amide bonds. The zero-order chi connectivity index (χ0) is 24.9. The first-order valence-corrected chi connectivity index (χ1v) is 12.7. The van der Waals surface area contributed by atoms with E-state index < -0.39 is 5.91 Å². The lowest BCUT2D eigenvalue weighted by atomic mass is 9.93. The van der Waals surface area contributed by atoms with Gasteiger partial charge in [-0.05, 0) is 63.3 Å². The zero-order valence-corrected chi connectivity index (χ0v) is 21.2. The number of hydrogen-bond acceptors (Lipinski definition) is 8. The summed E-state index contributed by atoms with van der Waals surface area (Å²) in [6.45, 7) is 9.31. The summed E-state index contributed by atoms with van der Waals surface area (Å²) in [5.74, 6) is 0.431. The second-order valence-electron chi connectivity index (χ2n) is 9.94. The first-order valence-electron chi connectivity index (χ1n) is 12.7. The Morgan fingerprint density at radius 1 is 1.11 bits per heavy atom. The van der Waals surface area contributed by atoms with Crippen LogP contribution in [0.1, 0.15) is 59.9 Å². The first kappa shape index (κ1) is 25.3. The molecule has 0 atom stereocenters. The number of aromatic nitrogens is 2. The Morgan fingerprint density at radius 3 is 2.46 bits per heavy atom. The number of hydrogen-bond donors (Lipinski definition) is 4. The van der Waals surface area contributed by atoms with E-state index in [2.05, 4.69) is 51.5 Å². The van der Waals surface area contributed by atoms with E-state index in [4.69, 9.17) is 10.7 Å². The number of carbonyl (C=O) groups excluding carboxylic acids is 1. The minimum absolute atomic E-state index is 0.146. The van der Waals surface area contributed by atoms with Crippen molar-refractivity contribution < 1.29 is 9.90 Å². The number of benzene rings is 1. The average molecular weight is 482 g/mol. The standard InChI is InChI=1S/C26H39N7O2/c1-4-21-25(28-19-6-8-20(34)9-7-19)31-26(23(29-21)24(27)35)30-22-10-5-18(15-17(22)2)16-33-13-11-32(3)12-14-33/h5,10,15,19-20,34H,4,6-9,11-14,16H2,1-3H3,(H2,27,35)(H2,28,30,31). The molecule has 5 N–H and O–H groups in total. The summed E-state index contributed by atoms with van der Waals surface area (Å²) in [6, 6.07) is 6.57. The van der Waals surface area contributed by atoms with Crippen molar-refractivity contribution in [3.63, 3.8) is 0 Å². The Balaban J connectivity index is 1.53. The number of primary amides is 1. The van der Waals surface area contributed by atoms with Gasteiger partial charge >= 0.3 is 0 Å². The molecule has 1 saturated heterocycles. The van der Waals surface area contributed by atoms with Crippen molar-refractivity contribution in [1.29, 1.82) is 0 Å². The van der Waals surface area contributed by atoms with Gasteiger partial charge < -0.3 is 26.4 Å². The highest BCUT2D eigenvalue weighted by Crippen LogP contribution is 2.28. The fraction of sp³-hybridized carbons (Fsp3) is 0.577. The number of rotatable bonds is 8. The average Bonchev–Trinajstić information content (AvgIpc) is 2.83. The van der Waals surface area contributed by atoms with Crippen LogP contribution in [0.5, 0.6) is 0 Å². The van der Waals surface area contributed by atoms with Crippen LogP contribution in [-0.4, -0.2) is 76.2 Å². The smallest absolute Gasteiger partial charge is 0.271 e. The number of aliphatic hydroxyl groups is 1. The molecule has 9 heteroatoms. The van der Waals surface area contributed by atoms with Crippen molar-refractivity contribution in [1.82, 2.24) is 19.8 Å². The lowest BCUT2D eigenvalue weighted by molar-refractivity contribution is 0.0996. The maximum atomic E-state index is 12.2. The second-order valence-corrected chi connectivity index (χ2v) is 9.94. The summed E-state index contributed by atoms with van der Waals surface area (Å²) in [6.07, 6.45) is 3.71. The molecule has 1 saturated carbocycles. The molecule has 35 heavy (non-hydrogen) atoms. The molecule has 1 aromatic heterocycles. The molecule has 0 unspecified atom stereocenters. The maximum Gasteiger partial charge on any atom is 0.271 e. The minimum atomic E-state index is -0.605. The lowest BCUT2D eigenvalue weighted by Crippen LogP contribution is -2.43. The molecule has 190 valence electrons. The highest BCUT2D eigenvalue weighted by molar-refractivity contribution is 5.96. The number of nitrogens with one attached hydrogen (secondary N) is 2. The Bertz CT molecular complexity index is 1030. The van der Waals surface area contributed by atoms with Gasteiger partial charge in [0.25, 0.3) is 5.91 Å². The number of piperazine rings is 1. The van der Waals surface area contributed by atoms with Gasteiger partial charge in [-0.2, -0.15) is 0 Å². The predicted molar refractivity (Wildman–Crippen MR) is 139 cm³/mol. The Morgan fingerprint density at radius 2 is 1.83 bits per heavy atom. The van der Waals surface area contributed by atoms with Gasteiger partial charge in [-0.1, -0.05) is 19.1 Å². The van der Waals surface area contributed by atoms with Gasteiger partial charge in [-0.3, -0.25) is 9.69 Å². The number of nitrogens with zero attached hydrogens (tertiary/aromatic N) is 4. The van der Waals surface area contributed by atoms with Crippen molar-refractivity contribution in [3.8, 4) is 0 Å². The van der Waals surface area contributed by atoms with Crippen LogP contribution in [0.4, 0.5) is 17.3 Å². The molecule has 0 bridgehead atoms. The van der Waals surface area contributed by atoms with E-state index in [9.17, 15) is 9.90 Å². The maximum absolute atomic E-state index is 12.2. The molecule has 2 aliphatic rings. The largest absolute Gasteiger partial charge is 0.393 e. The SMILES string of the molecule is CCc1nc(C(N)=O)c(Nc2ccc(CN3CCN(C)CC3)cc2C)nc1NC1CCC(O)CC1. The molecule has 4 rings (SSSR count). The number of nitrogens with two attached hydrogens (primary N) is 1. The number of carbonyl (C=O) groups is 1. The Labute approximate surface area is 208 Å². The molecule has 2 heterocycles. The van der Waals surface area contributed by atoms with Crippen LogP contribution in [0.2, 0.25) is 0 Å². The van der Waals surface area contributed by atoms with E-state index in [-0.39, 0.29) is 17.8 Å². The third-order valence-electron chi connectivity index (χ3n) is 7.12. The monoisotopic (exact) mass is 481 g/mol. The van der Waals surface area contributed by atoms with E-state index in [1.165, 1.54) is 5.56 Å². The third kappa shape index (κ3) is 6.48. The number of likely N-dealkylation sites (N-methyl/N-ethyl adjacent to an activating group) is 1. The molecule has 2 fully saturated rings. The number of amides is 1. The minimum Gasteiger partial charge on any atom is -0.393 e. The van der Waals surface area contributed by atoms with Crippen LogP contribution >= 0.6 is 0 Å². The van der Waals surface area contributed by atoms with Crippen LogP contribution in [0.15, 0.2) is 18.2 Å². The van der Waals surface area contributed by atoms with Crippen molar-refractivity contribution in [2.45, 2.75) is 64.6 Å². The summed E-state index contributed by atoms with van der Waals surface area (Å²) in [5, 5.41) is 16.6. The van der Waals surface area contributed by atoms with Gasteiger partial charge in [0.2, 0.25) is 0 Å². The quantitative estimate of drug-likeness (QED) is 0.454. The fourth-order valence-electron chi connectivity index (χ4n) is 4.86. The van der Waals surface area contributed by atoms with E-state index in [1.807, 2.05) is 13.0 Å². The molecule has 1 aromatic carbocycles. The number of aliphatic hydroxyl groups excluding tert-OH is 1. The topological polar surface area (TPSA) is 120 Å². The molecule has 0 spiro atoms. The molecule has 9 nitrogen and oxygen atoms in total. The molecule has 1 aliphatic carbocycles. The number of aryl methyl sites for hydroxylation is 2. The zero-order valence-electron chi connectivity index (χ0n) is 21.2. The van der Waals surface area contributed by atoms with E-state index in [1.54, 1.807) is 0 Å². The van der Waals surface area contributed by atoms with Crippen LogP contribution in [-0.2, 0) is 13.0 Å². The highest BCUT2D eigenvalue weighted by atomic mass is 16.3. The van der Waals surface area contributed by atoms with E-state index in [0.717, 1.165) is 75.4 Å². The van der Waals surface area contributed by atoms with Gasteiger partial charge in [0.05, 0.1) is 11.8 Å². The predicted octanol–water partition coefficient (Wildman–Crippen LogP) is 2.65. The van der Waals surface area contributed by atoms with Gasteiger partial charge in [0.15, 0.2) is 11.5 Å². The summed E-state index contributed by atoms with van der Waals surface area (Å²) < 4.78 is 0. The number of anilines is 3. The second kappa shape index (κ2) is 11.3. The van der Waals surface area contributed by atoms with Crippen LogP contribution in [0, 0.1) is 6.92 Å². The Kier molecular flexibility index (Phi) is 8.20. The van der Waals surface area contributed by atoms with Crippen molar-refractivity contribution >= 4 is 23.2 Å². The van der Waals surface area contributed by atoms with Gasteiger partial charge in [-0.25, -0.2) is 9.97 Å². The van der Waals surface area contributed by atoms with Gasteiger partial charge in [-0.15, -0.1) is 0 Å². The van der Waals surface area contributed by atoms with E-state index in [0.29, 0.717) is 18.1 Å². The highest BCUT2D eigenvalue weighted by Gasteiger charge is 2.23. The van der Waals surface area contributed by atoms with Crippen molar-refractivity contribution in [3.05, 3.63) is 40.7 Å². The molecular formula is C26H39N7O2. The van der Waals surface area contributed by atoms with Crippen LogP contribution in [0.3, 0.4) is 0 Å². The summed E-state index contributed by atoms with van der Waals surface area (Å²) >= 11 is 0. The molecule has 0 radical (unpaired) electrons. The normalized spacial score (nSPS) is 21.6. The van der Waals surface area contributed by atoms with Gasteiger partial charge in [0, 0.05) is 44.5 Å². The first-order chi connectivity index (χ1) is 16.8. The Hall–Kier alpha value is -2.75. The molecule has 1 aliphatic heterocycles. The lowest BCUT2D eigenvalue weighted by Gasteiger charge is -2.32. The van der Waals surface area contributed by atoms with E-state index >= 15 is 0 Å². The third-order valence-corrected chi connectivity index (χ3v) is 7.12. The fourth-order valence-corrected chi connectivity index (χ4v) is 4.86. The molecule has 2 aromatic rings. The summed E-state index contributed by atoms with van der Waals surface area (Å²) in [7, 11) is 2.17. The van der Waals surface area contributed by atoms with Crippen molar-refractivity contribution in [2.24, 2.45) is 5.73 Å².